The molecule has 1 fully saturated rings. The van der Waals surface area contributed by atoms with Crippen LogP contribution in [0.25, 0.3) is 0 Å². The maximum absolute atomic E-state index is 11.9. The number of thioether (sulfide) groups is 1. The van der Waals surface area contributed by atoms with Gasteiger partial charge in [0.1, 0.15) is 0 Å². The number of nitrogens with one attached hydrogen (secondary N) is 2. The van der Waals surface area contributed by atoms with Crippen LogP contribution in [0, 0.1) is 6.92 Å². The summed E-state index contributed by atoms with van der Waals surface area (Å²) < 4.78 is 0. The highest BCUT2D eigenvalue weighted by molar-refractivity contribution is 7.99. The molecule has 1 aromatic rings. The van der Waals surface area contributed by atoms with Crippen LogP contribution in [0.5, 0.6) is 0 Å². The molecule has 6 heteroatoms. The molecule has 0 radical (unpaired) electrons. The molecule has 1 aliphatic rings. The highest BCUT2D eigenvalue weighted by Crippen LogP contribution is 2.20. The van der Waals surface area contributed by atoms with E-state index in [9.17, 15) is 9.59 Å². The van der Waals surface area contributed by atoms with Crippen LogP contribution >= 0.6 is 11.8 Å². The number of carboxylic acids is 1. The van der Waals surface area contributed by atoms with E-state index in [1.165, 1.54) is 0 Å². The second-order valence-corrected chi connectivity index (χ2v) is 5.09. The molecule has 0 bridgehead atoms. The summed E-state index contributed by atoms with van der Waals surface area (Å²) in [5, 5.41) is 14.9. The lowest BCUT2D eigenvalue weighted by atomic mass is 10.1. The summed E-state index contributed by atoms with van der Waals surface area (Å²) in [6.07, 6.45) is 0. The van der Waals surface area contributed by atoms with Crippen LogP contribution < -0.4 is 10.6 Å². The fourth-order valence-corrected chi connectivity index (χ4v) is 2.78. The van der Waals surface area contributed by atoms with Crippen molar-refractivity contribution < 1.29 is 14.7 Å². The van der Waals surface area contributed by atoms with Crippen molar-refractivity contribution in [1.29, 1.82) is 0 Å². The minimum Gasteiger partial charge on any atom is -0.478 e. The van der Waals surface area contributed by atoms with Gasteiger partial charge in [-0.15, -0.1) is 11.8 Å². The zero-order chi connectivity index (χ0) is 13.1. The quantitative estimate of drug-likeness (QED) is 0.768. The number of carbonyl (C=O) groups excluding carboxylic acids is 1. The van der Waals surface area contributed by atoms with Crippen molar-refractivity contribution in [3.63, 3.8) is 0 Å². The molecule has 1 saturated heterocycles. The Balaban J connectivity index is 2.20. The minimum atomic E-state index is -1.03. The SMILES string of the molecule is Cc1cccc(NC(=O)C2CSCN2)c1C(=O)O. The Morgan fingerprint density at radius 3 is 2.89 bits per heavy atom. The third-order valence-electron chi connectivity index (χ3n) is 2.78. The fourth-order valence-electron chi connectivity index (χ4n) is 1.84. The Morgan fingerprint density at radius 2 is 2.28 bits per heavy atom. The minimum absolute atomic E-state index is 0.150. The van der Waals surface area contributed by atoms with E-state index in [1.54, 1.807) is 36.9 Å². The van der Waals surface area contributed by atoms with Gasteiger partial charge in [-0.1, -0.05) is 12.1 Å². The number of benzene rings is 1. The standard InChI is InChI=1S/C12H14N2O3S/c1-7-3-2-4-8(10(7)12(16)17)14-11(15)9-5-18-6-13-9/h2-4,9,13H,5-6H2,1H3,(H,14,15)(H,16,17). The zero-order valence-corrected chi connectivity index (χ0v) is 10.7. The maximum atomic E-state index is 11.9. The highest BCUT2D eigenvalue weighted by atomic mass is 32.2. The molecule has 0 aromatic heterocycles. The monoisotopic (exact) mass is 266 g/mol. The first-order valence-electron chi connectivity index (χ1n) is 5.54. The Morgan fingerprint density at radius 1 is 1.50 bits per heavy atom. The first-order chi connectivity index (χ1) is 8.59. The second-order valence-electron chi connectivity index (χ2n) is 4.06. The van der Waals surface area contributed by atoms with Crippen molar-refractivity contribution >= 4 is 29.3 Å². The number of amides is 1. The summed E-state index contributed by atoms with van der Waals surface area (Å²) in [6.45, 7) is 1.71. The third-order valence-corrected chi connectivity index (χ3v) is 3.72. The van der Waals surface area contributed by atoms with Crippen molar-refractivity contribution in [3.05, 3.63) is 29.3 Å². The summed E-state index contributed by atoms with van der Waals surface area (Å²) in [6, 6.07) is 4.80. The van der Waals surface area contributed by atoms with Crippen LogP contribution in [0.15, 0.2) is 18.2 Å². The lowest BCUT2D eigenvalue weighted by Gasteiger charge is -2.13. The van der Waals surface area contributed by atoms with Crippen LogP contribution in [0.2, 0.25) is 0 Å². The number of hydrogen-bond donors (Lipinski definition) is 3. The van der Waals surface area contributed by atoms with Gasteiger partial charge in [-0.3, -0.25) is 10.1 Å². The summed E-state index contributed by atoms with van der Waals surface area (Å²) in [5.74, 6) is 0.239. The van der Waals surface area contributed by atoms with Crippen molar-refractivity contribution in [2.24, 2.45) is 0 Å². The Hall–Kier alpha value is -1.53. The van der Waals surface area contributed by atoms with E-state index in [-0.39, 0.29) is 17.5 Å². The summed E-state index contributed by atoms with van der Waals surface area (Å²) in [5.41, 5.74) is 1.14. The van der Waals surface area contributed by atoms with Gasteiger partial charge < -0.3 is 10.4 Å². The van der Waals surface area contributed by atoms with Crippen LogP contribution in [-0.2, 0) is 4.79 Å². The van der Waals surface area contributed by atoms with Gasteiger partial charge in [0, 0.05) is 11.6 Å². The predicted octanol–water partition coefficient (Wildman–Crippen LogP) is 1.29. The van der Waals surface area contributed by atoms with E-state index < -0.39 is 5.97 Å². The van der Waals surface area contributed by atoms with E-state index in [0.717, 1.165) is 5.88 Å². The normalized spacial score (nSPS) is 18.6. The lowest BCUT2D eigenvalue weighted by Crippen LogP contribution is -2.37. The topological polar surface area (TPSA) is 78.4 Å². The summed E-state index contributed by atoms with van der Waals surface area (Å²) in [4.78, 5) is 23.1. The van der Waals surface area contributed by atoms with Crippen LogP contribution in [0.3, 0.4) is 0 Å². The van der Waals surface area contributed by atoms with Crippen LogP contribution in [-0.4, -0.2) is 34.7 Å². The van der Waals surface area contributed by atoms with E-state index >= 15 is 0 Å². The largest absolute Gasteiger partial charge is 0.478 e. The maximum Gasteiger partial charge on any atom is 0.338 e. The first kappa shape index (κ1) is 12.9. The molecule has 0 spiro atoms. The molecule has 0 saturated carbocycles. The molecule has 3 N–H and O–H groups in total. The number of hydrogen-bond acceptors (Lipinski definition) is 4. The van der Waals surface area contributed by atoms with Gasteiger partial charge in [0.25, 0.3) is 0 Å². The van der Waals surface area contributed by atoms with Crippen LogP contribution in [0.1, 0.15) is 15.9 Å². The first-order valence-corrected chi connectivity index (χ1v) is 6.70. The summed E-state index contributed by atoms with van der Waals surface area (Å²) >= 11 is 1.65. The van der Waals surface area contributed by atoms with Gasteiger partial charge in [0.15, 0.2) is 0 Å². The number of aryl methyl sites for hydroxylation is 1. The predicted molar refractivity (Wildman–Crippen MR) is 71.0 cm³/mol. The smallest absolute Gasteiger partial charge is 0.338 e. The molecule has 18 heavy (non-hydrogen) atoms. The van der Waals surface area contributed by atoms with Crippen molar-refractivity contribution in [2.75, 3.05) is 16.9 Å². The molecule has 5 nitrogen and oxygen atoms in total. The molecule has 96 valence electrons. The molecule has 1 unspecified atom stereocenters. The van der Waals surface area contributed by atoms with Gasteiger partial charge in [-0.05, 0) is 18.6 Å². The summed E-state index contributed by atoms with van der Waals surface area (Å²) in [7, 11) is 0. The van der Waals surface area contributed by atoms with Crippen LogP contribution in [0.4, 0.5) is 5.69 Å². The number of rotatable bonds is 3. The number of carbonyl (C=O) groups is 2. The number of aromatic carboxylic acids is 1. The average Bonchev–Trinajstić information content (AvgIpc) is 2.81. The van der Waals surface area contributed by atoms with Crippen molar-refractivity contribution in [3.8, 4) is 0 Å². The van der Waals surface area contributed by atoms with E-state index in [1.807, 2.05) is 0 Å². The Bertz CT molecular complexity index is 484. The average molecular weight is 266 g/mol. The van der Waals surface area contributed by atoms with E-state index in [0.29, 0.717) is 17.0 Å². The molecule has 1 aromatic carbocycles. The van der Waals surface area contributed by atoms with Gasteiger partial charge >= 0.3 is 5.97 Å². The lowest BCUT2D eigenvalue weighted by molar-refractivity contribution is -0.117. The molecule has 1 heterocycles. The van der Waals surface area contributed by atoms with Gasteiger partial charge in [0.2, 0.25) is 5.91 Å². The van der Waals surface area contributed by atoms with E-state index in [4.69, 9.17) is 5.11 Å². The number of carboxylic acid groups (broad SMARTS) is 1. The molecule has 1 atom stereocenters. The second kappa shape index (κ2) is 5.41. The molecule has 1 aliphatic heterocycles. The Labute approximate surface area is 109 Å². The molecule has 2 rings (SSSR count). The fraction of sp³-hybridized carbons (Fsp3) is 0.333. The molecule has 0 aliphatic carbocycles. The van der Waals surface area contributed by atoms with Gasteiger partial charge in [0.05, 0.1) is 17.3 Å². The van der Waals surface area contributed by atoms with Crippen molar-refractivity contribution in [2.45, 2.75) is 13.0 Å². The zero-order valence-electron chi connectivity index (χ0n) is 9.90. The molecular formula is C12H14N2O3S. The highest BCUT2D eigenvalue weighted by Gasteiger charge is 2.24. The van der Waals surface area contributed by atoms with Gasteiger partial charge in [-0.2, -0.15) is 0 Å². The van der Waals surface area contributed by atoms with Crippen molar-refractivity contribution in [1.82, 2.24) is 5.32 Å². The van der Waals surface area contributed by atoms with E-state index in [2.05, 4.69) is 10.6 Å². The Kier molecular flexibility index (Phi) is 3.88. The molecular weight excluding hydrogens is 252 g/mol. The molecule has 1 amide bonds. The third kappa shape index (κ3) is 2.65. The van der Waals surface area contributed by atoms with Gasteiger partial charge in [-0.25, -0.2) is 4.79 Å². The number of anilines is 1.